The number of anilines is 3. The zero-order chi connectivity index (χ0) is 28.7. The van der Waals surface area contributed by atoms with Crippen LogP contribution < -0.4 is 16.0 Å². The van der Waals surface area contributed by atoms with Crippen molar-refractivity contribution in [3.05, 3.63) is 86.9 Å². The van der Waals surface area contributed by atoms with Gasteiger partial charge in [0.2, 0.25) is 5.91 Å². The van der Waals surface area contributed by atoms with Gasteiger partial charge >= 0.3 is 12.1 Å². The number of halogens is 8. The molecule has 4 rings (SSSR count). The summed E-state index contributed by atoms with van der Waals surface area (Å²) in [6.07, 6.45) is -5.04. The molecule has 6 nitrogen and oxygen atoms in total. The topological polar surface area (TPSA) is 87.3 Å². The predicted molar refractivity (Wildman–Crippen MR) is 146 cm³/mol. The molecule has 3 amide bonds. The van der Waals surface area contributed by atoms with Crippen molar-refractivity contribution in [2.75, 3.05) is 16.0 Å². The number of nitrogens with one attached hydrogen (secondary N) is 3. The minimum absolute atomic E-state index is 0.000831. The van der Waals surface area contributed by atoms with Crippen LogP contribution in [0.2, 0.25) is 15.1 Å². The lowest BCUT2D eigenvalue weighted by Crippen LogP contribution is -2.29. The van der Waals surface area contributed by atoms with E-state index in [1.54, 1.807) is 17.4 Å². The van der Waals surface area contributed by atoms with Crippen LogP contribution in [0.15, 0.2) is 60.7 Å². The molecule has 204 valence electrons. The van der Waals surface area contributed by atoms with Crippen molar-refractivity contribution < 1.29 is 27.6 Å². The fourth-order valence-electron chi connectivity index (χ4n) is 3.86. The second-order valence-electron chi connectivity index (χ2n) is 8.50. The first-order valence-electron chi connectivity index (χ1n) is 10.9. The lowest BCUT2D eigenvalue weighted by atomic mass is 10.1. The molecule has 0 spiro atoms. The molecule has 1 fully saturated rings. The molecule has 1 aliphatic carbocycles. The summed E-state index contributed by atoms with van der Waals surface area (Å²) < 4.78 is 35.8. The summed E-state index contributed by atoms with van der Waals surface area (Å²) in [4.78, 5) is 36.9. The third-order valence-corrected chi connectivity index (χ3v) is 7.42. The van der Waals surface area contributed by atoms with E-state index in [4.69, 9.17) is 58.0 Å². The maximum atomic E-state index is 13.0. The van der Waals surface area contributed by atoms with Crippen molar-refractivity contribution in [1.29, 1.82) is 0 Å². The Kier molecular flexibility index (Phi) is 8.31. The van der Waals surface area contributed by atoms with Crippen LogP contribution in [0.4, 0.5) is 30.2 Å². The van der Waals surface area contributed by atoms with Crippen LogP contribution in [0.1, 0.15) is 21.8 Å². The van der Waals surface area contributed by atoms with E-state index in [0.29, 0.717) is 15.6 Å². The smallest absolute Gasteiger partial charge is 0.326 e. The van der Waals surface area contributed by atoms with E-state index < -0.39 is 40.1 Å². The van der Waals surface area contributed by atoms with E-state index in [1.165, 1.54) is 48.5 Å². The summed E-state index contributed by atoms with van der Waals surface area (Å²) in [6.45, 7) is 0. The van der Waals surface area contributed by atoms with Crippen LogP contribution in [0.5, 0.6) is 0 Å². The Morgan fingerprint density at radius 3 is 1.85 bits per heavy atom. The van der Waals surface area contributed by atoms with Gasteiger partial charge in [-0.05, 0) is 66.2 Å². The normalized spacial score (nSPS) is 17.7. The van der Waals surface area contributed by atoms with Crippen LogP contribution in [-0.4, -0.2) is 28.2 Å². The highest BCUT2D eigenvalue weighted by Gasteiger charge is 2.67. The quantitative estimate of drug-likeness (QED) is 0.240. The van der Waals surface area contributed by atoms with E-state index in [0.717, 1.165) is 0 Å². The SMILES string of the molecule is O=C(Nc1ccc(NC(=O)C(F)(F)F)cc1)c1cc(NC(=O)C2C(c3cc(Cl)cc(Cl)c3)C2(Cl)Cl)ccc1Cl. The summed E-state index contributed by atoms with van der Waals surface area (Å²) in [6, 6.07) is 13.9. The van der Waals surface area contributed by atoms with Gasteiger partial charge in [0.25, 0.3) is 5.91 Å². The molecule has 3 aromatic carbocycles. The molecule has 0 radical (unpaired) electrons. The van der Waals surface area contributed by atoms with Gasteiger partial charge in [-0.2, -0.15) is 13.2 Å². The monoisotopic (exact) mass is 637 g/mol. The Bertz CT molecular complexity index is 1450. The lowest BCUT2D eigenvalue weighted by molar-refractivity contribution is -0.167. The number of amides is 3. The molecule has 1 saturated carbocycles. The van der Waals surface area contributed by atoms with E-state index in [-0.39, 0.29) is 27.6 Å². The third kappa shape index (κ3) is 6.73. The Morgan fingerprint density at radius 2 is 1.28 bits per heavy atom. The molecule has 14 heteroatoms. The van der Waals surface area contributed by atoms with Crippen LogP contribution >= 0.6 is 58.0 Å². The van der Waals surface area contributed by atoms with Gasteiger partial charge in [0, 0.05) is 33.0 Å². The van der Waals surface area contributed by atoms with Crippen LogP contribution in [0, 0.1) is 5.92 Å². The van der Waals surface area contributed by atoms with Gasteiger partial charge in [-0.15, -0.1) is 23.2 Å². The van der Waals surface area contributed by atoms with Crippen molar-refractivity contribution in [3.63, 3.8) is 0 Å². The molecule has 2 atom stereocenters. The minimum Gasteiger partial charge on any atom is -0.326 e. The standard InChI is InChI=1S/C25H15Cl5F3N3O3/c26-12-7-11(8-13(27)9-12)19-20(24(19,29)30)22(38)35-16-5-6-18(28)17(10-16)21(37)34-14-1-3-15(4-2-14)36-23(39)25(31,32)33/h1-10,19-20H,(H,34,37)(H,35,38)(H,36,39). The summed E-state index contributed by atoms with van der Waals surface area (Å²) in [5.74, 6) is -4.70. The molecule has 0 heterocycles. The van der Waals surface area contributed by atoms with E-state index in [1.807, 2.05) is 0 Å². The number of carbonyl (C=O) groups is 3. The van der Waals surface area contributed by atoms with Crippen molar-refractivity contribution in [3.8, 4) is 0 Å². The number of rotatable bonds is 6. The molecule has 3 aromatic rings. The Balaban J connectivity index is 1.44. The van der Waals surface area contributed by atoms with Gasteiger partial charge in [0.15, 0.2) is 0 Å². The fourth-order valence-corrected chi connectivity index (χ4v) is 5.43. The molecule has 2 unspecified atom stereocenters. The maximum Gasteiger partial charge on any atom is 0.471 e. The number of alkyl halides is 5. The number of carbonyl (C=O) groups excluding carboxylic acids is 3. The lowest BCUT2D eigenvalue weighted by Gasteiger charge is -2.11. The highest BCUT2D eigenvalue weighted by atomic mass is 35.5. The second-order valence-corrected chi connectivity index (χ2v) is 11.2. The molecule has 3 N–H and O–H groups in total. The minimum atomic E-state index is -5.04. The number of hydrogen-bond donors (Lipinski definition) is 3. The summed E-state index contributed by atoms with van der Waals surface area (Å²) in [5, 5.41) is 7.70. The van der Waals surface area contributed by atoms with Crippen LogP contribution in [-0.2, 0) is 9.59 Å². The average Bonchev–Trinajstić information content (AvgIpc) is 3.42. The molecule has 0 bridgehead atoms. The zero-order valence-corrected chi connectivity index (χ0v) is 23.0. The van der Waals surface area contributed by atoms with Gasteiger partial charge in [-0.3, -0.25) is 14.4 Å². The van der Waals surface area contributed by atoms with Gasteiger partial charge < -0.3 is 16.0 Å². The molecule has 39 heavy (non-hydrogen) atoms. The molecular weight excluding hydrogens is 625 g/mol. The summed E-state index contributed by atoms with van der Waals surface area (Å²) in [5.41, 5.74) is 0.925. The third-order valence-electron chi connectivity index (χ3n) is 5.72. The van der Waals surface area contributed by atoms with Crippen molar-refractivity contribution in [2.24, 2.45) is 5.92 Å². The van der Waals surface area contributed by atoms with Crippen molar-refractivity contribution in [1.82, 2.24) is 0 Å². The molecule has 0 aromatic heterocycles. The van der Waals surface area contributed by atoms with Gasteiger partial charge in [0.05, 0.1) is 16.5 Å². The summed E-state index contributed by atoms with van der Waals surface area (Å²) in [7, 11) is 0. The van der Waals surface area contributed by atoms with Gasteiger partial charge in [0.1, 0.15) is 4.33 Å². The van der Waals surface area contributed by atoms with E-state index in [2.05, 4.69) is 10.6 Å². The molecule has 0 aliphatic heterocycles. The zero-order valence-electron chi connectivity index (χ0n) is 19.2. The Hall–Kier alpha value is -2.69. The highest BCUT2D eigenvalue weighted by molar-refractivity contribution is 6.53. The van der Waals surface area contributed by atoms with Gasteiger partial charge in [-0.1, -0.05) is 34.8 Å². The maximum absolute atomic E-state index is 13.0. The molecule has 0 saturated heterocycles. The Labute approximate surface area is 244 Å². The van der Waals surface area contributed by atoms with Crippen molar-refractivity contribution in [2.45, 2.75) is 16.4 Å². The average molecular weight is 640 g/mol. The van der Waals surface area contributed by atoms with E-state index >= 15 is 0 Å². The fraction of sp³-hybridized carbons (Fsp3) is 0.160. The number of benzene rings is 3. The highest BCUT2D eigenvalue weighted by Crippen LogP contribution is 2.65. The first kappa shape index (κ1) is 29.3. The largest absolute Gasteiger partial charge is 0.471 e. The van der Waals surface area contributed by atoms with Gasteiger partial charge in [-0.25, -0.2) is 0 Å². The van der Waals surface area contributed by atoms with Crippen LogP contribution in [0.3, 0.4) is 0 Å². The first-order valence-corrected chi connectivity index (χ1v) is 12.8. The molecule has 1 aliphatic rings. The van der Waals surface area contributed by atoms with E-state index in [9.17, 15) is 27.6 Å². The summed E-state index contributed by atoms with van der Waals surface area (Å²) >= 11 is 31.1. The molecular formula is C25H15Cl5F3N3O3. The van der Waals surface area contributed by atoms with Crippen molar-refractivity contribution >= 4 is 92.8 Å². The Morgan fingerprint density at radius 1 is 0.744 bits per heavy atom. The predicted octanol–water partition coefficient (Wildman–Crippen LogP) is 7.93. The number of hydrogen-bond acceptors (Lipinski definition) is 3. The van der Waals surface area contributed by atoms with Crippen LogP contribution in [0.25, 0.3) is 0 Å². The first-order chi connectivity index (χ1) is 18.2. The second kappa shape index (κ2) is 11.1.